The summed E-state index contributed by atoms with van der Waals surface area (Å²) in [5, 5.41) is 3.33. The van der Waals surface area contributed by atoms with Gasteiger partial charge in [0.15, 0.2) is 17.3 Å². The summed E-state index contributed by atoms with van der Waals surface area (Å²) in [5.41, 5.74) is 3.64. The summed E-state index contributed by atoms with van der Waals surface area (Å²) in [6.45, 7) is 0.658. The summed E-state index contributed by atoms with van der Waals surface area (Å²) in [6, 6.07) is 20.2. The summed E-state index contributed by atoms with van der Waals surface area (Å²) in [4.78, 5) is 22.0. The van der Waals surface area contributed by atoms with Crippen molar-refractivity contribution in [2.75, 3.05) is 12.4 Å². The molecule has 0 fully saturated rings. The largest absolute Gasteiger partial charge is 0.497 e. The minimum atomic E-state index is -4.39. The first-order valence-electron chi connectivity index (χ1n) is 12.1. The van der Waals surface area contributed by atoms with E-state index in [2.05, 4.69) is 20.3 Å². The molecule has 0 radical (unpaired) electrons. The summed E-state index contributed by atoms with van der Waals surface area (Å²) in [5.74, 6) is 2.41. The lowest BCUT2D eigenvalue weighted by Gasteiger charge is -2.11. The average molecular weight is 530 g/mol. The van der Waals surface area contributed by atoms with Gasteiger partial charge < -0.3 is 19.6 Å². The maximum Gasteiger partial charge on any atom is 0.416 e. The van der Waals surface area contributed by atoms with E-state index in [0.29, 0.717) is 40.7 Å². The zero-order chi connectivity index (χ0) is 27.0. The van der Waals surface area contributed by atoms with Crippen LogP contribution in [0.4, 0.5) is 19.0 Å². The molecule has 0 amide bonds. The Labute approximate surface area is 220 Å². The summed E-state index contributed by atoms with van der Waals surface area (Å²) < 4.78 is 46.1. The molecule has 0 spiro atoms. The van der Waals surface area contributed by atoms with Crippen molar-refractivity contribution in [2.24, 2.45) is 0 Å². The van der Waals surface area contributed by atoms with E-state index < -0.39 is 11.7 Å². The van der Waals surface area contributed by atoms with E-state index in [9.17, 15) is 13.2 Å². The second kappa shape index (κ2) is 9.75. The van der Waals surface area contributed by atoms with E-state index in [4.69, 9.17) is 14.7 Å². The standard InChI is InChI=1S/C28H22F3N7O/c1-39-20-12-8-18(9-13-20)25-36-26(32-14-23-34-21-4-2-3-5-22(21)35-23)24-27(37-25)38(16-33-24)15-17-6-10-19(11-7-17)28(29,30)31/h2-13,16H,14-15H2,1H3,(H,34,35)(H,32,36,37). The van der Waals surface area contributed by atoms with Crippen molar-refractivity contribution >= 4 is 28.0 Å². The van der Waals surface area contributed by atoms with Crippen molar-refractivity contribution in [1.29, 1.82) is 0 Å². The van der Waals surface area contributed by atoms with Crippen molar-refractivity contribution in [3.63, 3.8) is 0 Å². The predicted octanol–water partition coefficient (Wildman–Crippen LogP) is 6.06. The normalized spacial score (nSPS) is 11.8. The molecule has 0 aliphatic heterocycles. The fraction of sp³-hybridized carbons (Fsp3) is 0.143. The Balaban J connectivity index is 1.36. The third-order valence-corrected chi connectivity index (χ3v) is 6.31. The Kier molecular flexibility index (Phi) is 6.10. The van der Waals surface area contributed by atoms with E-state index in [1.54, 1.807) is 18.0 Å². The van der Waals surface area contributed by atoms with Crippen molar-refractivity contribution < 1.29 is 17.9 Å². The van der Waals surface area contributed by atoms with Gasteiger partial charge >= 0.3 is 6.18 Å². The number of H-pyrrole nitrogens is 1. The number of alkyl halides is 3. The fourth-order valence-corrected chi connectivity index (χ4v) is 4.31. The smallest absolute Gasteiger partial charge is 0.416 e. The lowest BCUT2D eigenvalue weighted by Crippen LogP contribution is -2.07. The van der Waals surface area contributed by atoms with Crippen LogP contribution in [0.3, 0.4) is 0 Å². The van der Waals surface area contributed by atoms with Crippen LogP contribution in [0.1, 0.15) is 17.0 Å². The van der Waals surface area contributed by atoms with E-state index in [0.717, 1.165) is 34.6 Å². The maximum atomic E-state index is 13.0. The molecule has 6 rings (SSSR count). The topological polar surface area (TPSA) is 93.5 Å². The number of aromatic nitrogens is 6. The zero-order valence-electron chi connectivity index (χ0n) is 20.7. The van der Waals surface area contributed by atoms with Crippen LogP contribution < -0.4 is 10.1 Å². The average Bonchev–Trinajstić information content (AvgIpc) is 3.55. The van der Waals surface area contributed by atoms with Crippen LogP contribution in [0.2, 0.25) is 0 Å². The second-order valence-corrected chi connectivity index (χ2v) is 8.92. The van der Waals surface area contributed by atoms with Crippen LogP contribution in [0, 0.1) is 0 Å². The van der Waals surface area contributed by atoms with E-state index in [1.165, 1.54) is 12.1 Å². The molecule has 39 heavy (non-hydrogen) atoms. The quantitative estimate of drug-likeness (QED) is 0.261. The molecule has 0 atom stereocenters. The first-order valence-corrected chi connectivity index (χ1v) is 12.1. The highest BCUT2D eigenvalue weighted by Gasteiger charge is 2.30. The van der Waals surface area contributed by atoms with Gasteiger partial charge in [0.2, 0.25) is 0 Å². The summed E-state index contributed by atoms with van der Waals surface area (Å²) in [7, 11) is 1.59. The van der Waals surface area contributed by atoms with Crippen molar-refractivity contribution in [3.8, 4) is 17.1 Å². The second-order valence-electron chi connectivity index (χ2n) is 8.92. The van der Waals surface area contributed by atoms with Crippen LogP contribution in [0.5, 0.6) is 5.75 Å². The lowest BCUT2D eigenvalue weighted by atomic mass is 10.1. The molecule has 196 valence electrons. The SMILES string of the molecule is COc1ccc(-c2nc(NCc3nc4ccccc4[nH]3)c3ncn(Cc4ccc(C(F)(F)F)cc4)c3n2)cc1. The lowest BCUT2D eigenvalue weighted by molar-refractivity contribution is -0.137. The number of hydrogen-bond acceptors (Lipinski definition) is 6. The molecule has 0 aliphatic carbocycles. The number of nitrogens with one attached hydrogen (secondary N) is 2. The molecular weight excluding hydrogens is 507 g/mol. The third kappa shape index (κ3) is 4.98. The molecule has 0 saturated carbocycles. The molecule has 0 saturated heterocycles. The molecule has 0 bridgehead atoms. The molecule has 0 aliphatic rings. The number of methoxy groups -OCH3 is 1. The van der Waals surface area contributed by atoms with E-state index in [-0.39, 0.29) is 6.54 Å². The van der Waals surface area contributed by atoms with Gasteiger partial charge in [-0.15, -0.1) is 0 Å². The summed E-state index contributed by atoms with van der Waals surface area (Å²) >= 11 is 0. The van der Waals surface area contributed by atoms with Gasteiger partial charge in [0.1, 0.15) is 17.1 Å². The third-order valence-electron chi connectivity index (χ3n) is 6.31. The highest BCUT2D eigenvalue weighted by Crippen LogP contribution is 2.30. The fourth-order valence-electron chi connectivity index (χ4n) is 4.31. The van der Waals surface area contributed by atoms with Crippen molar-refractivity contribution in [3.05, 3.63) is 96.1 Å². The summed E-state index contributed by atoms with van der Waals surface area (Å²) in [6.07, 6.45) is -2.78. The van der Waals surface area contributed by atoms with Gasteiger partial charge in [0, 0.05) is 5.56 Å². The monoisotopic (exact) mass is 529 g/mol. The van der Waals surface area contributed by atoms with E-state index >= 15 is 0 Å². The van der Waals surface area contributed by atoms with Gasteiger partial charge in [-0.2, -0.15) is 13.2 Å². The Morgan fingerprint density at radius 1 is 0.923 bits per heavy atom. The number of fused-ring (bicyclic) bond motifs is 2. The van der Waals surface area contributed by atoms with Crippen molar-refractivity contribution in [2.45, 2.75) is 19.3 Å². The van der Waals surface area contributed by atoms with Gasteiger partial charge in [-0.05, 0) is 54.1 Å². The highest BCUT2D eigenvalue weighted by molar-refractivity contribution is 5.85. The molecule has 6 aromatic rings. The Bertz CT molecular complexity index is 1720. The first kappa shape index (κ1) is 24.4. The molecule has 0 unspecified atom stereocenters. The number of para-hydroxylation sites is 2. The Hall–Kier alpha value is -4.93. The Morgan fingerprint density at radius 3 is 2.41 bits per heavy atom. The number of imidazole rings is 2. The minimum absolute atomic E-state index is 0.288. The molecular formula is C28H22F3N7O. The number of anilines is 1. The van der Waals surface area contributed by atoms with Gasteiger partial charge in [-0.25, -0.2) is 19.9 Å². The number of halogens is 3. The number of ether oxygens (including phenoxy) is 1. The number of benzene rings is 3. The van der Waals surface area contributed by atoms with Crippen LogP contribution >= 0.6 is 0 Å². The molecule has 3 aromatic heterocycles. The zero-order valence-corrected chi connectivity index (χ0v) is 20.7. The van der Waals surface area contributed by atoms with Gasteiger partial charge in [0.25, 0.3) is 0 Å². The highest BCUT2D eigenvalue weighted by atomic mass is 19.4. The van der Waals surface area contributed by atoms with Crippen molar-refractivity contribution in [1.82, 2.24) is 29.5 Å². The van der Waals surface area contributed by atoms with Gasteiger partial charge in [0.05, 0.1) is 43.1 Å². The van der Waals surface area contributed by atoms with Gasteiger partial charge in [-0.3, -0.25) is 0 Å². The molecule has 3 aromatic carbocycles. The molecule has 2 N–H and O–H groups in total. The molecule has 11 heteroatoms. The van der Waals surface area contributed by atoms with Gasteiger partial charge in [-0.1, -0.05) is 24.3 Å². The first-order chi connectivity index (χ1) is 18.9. The van der Waals surface area contributed by atoms with E-state index in [1.807, 2.05) is 48.5 Å². The molecule has 8 nitrogen and oxygen atoms in total. The Morgan fingerprint density at radius 2 is 1.69 bits per heavy atom. The maximum absolute atomic E-state index is 13.0. The number of rotatable bonds is 7. The van der Waals surface area contributed by atoms with Crippen LogP contribution in [0.15, 0.2) is 79.1 Å². The minimum Gasteiger partial charge on any atom is -0.497 e. The van der Waals surface area contributed by atoms with Crippen LogP contribution in [-0.4, -0.2) is 36.6 Å². The molecule has 3 heterocycles. The number of aromatic amines is 1. The number of hydrogen-bond donors (Lipinski definition) is 2. The van der Waals surface area contributed by atoms with Crippen LogP contribution in [-0.2, 0) is 19.3 Å². The number of nitrogens with zero attached hydrogens (tertiary/aromatic N) is 5. The predicted molar refractivity (Wildman–Crippen MR) is 141 cm³/mol. The van der Waals surface area contributed by atoms with Crippen LogP contribution in [0.25, 0.3) is 33.6 Å².